The summed E-state index contributed by atoms with van der Waals surface area (Å²) in [5.41, 5.74) is 14.6. The first kappa shape index (κ1) is 24.6. The van der Waals surface area contributed by atoms with Crippen molar-refractivity contribution in [3.63, 3.8) is 0 Å². The lowest BCUT2D eigenvalue weighted by Gasteiger charge is -2.41. The van der Waals surface area contributed by atoms with E-state index in [-0.39, 0.29) is 35.8 Å². The van der Waals surface area contributed by atoms with Crippen LogP contribution in [0.15, 0.2) is 54.0 Å². The quantitative estimate of drug-likeness (QED) is 0.325. The lowest BCUT2D eigenvalue weighted by atomic mass is 9.63. The van der Waals surface area contributed by atoms with Gasteiger partial charge >= 0.3 is 0 Å². The maximum atomic E-state index is 12.9. The predicted octanol–water partition coefficient (Wildman–Crippen LogP) is 1.84. The summed E-state index contributed by atoms with van der Waals surface area (Å²) in [6.45, 7) is 1.32. The monoisotopic (exact) mass is 502 g/mol. The Morgan fingerprint density at radius 3 is 2.43 bits per heavy atom. The van der Waals surface area contributed by atoms with Crippen molar-refractivity contribution in [3.8, 4) is 11.1 Å². The van der Waals surface area contributed by atoms with Gasteiger partial charge in [0.1, 0.15) is 12.4 Å². The predicted molar refractivity (Wildman–Crippen MR) is 138 cm³/mol. The fraction of sp³-hybridized carbons (Fsp3) is 0.385. The van der Waals surface area contributed by atoms with Crippen LogP contribution in [0.4, 0.5) is 5.95 Å². The molecule has 192 valence electrons. The van der Waals surface area contributed by atoms with Crippen molar-refractivity contribution in [2.75, 3.05) is 18.9 Å². The van der Waals surface area contributed by atoms with Crippen molar-refractivity contribution in [2.24, 2.45) is 10.7 Å². The van der Waals surface area contributed by atoms with Crippen molar-refractivity contribution >= 4 is 23.6 Å². The van der Waals surface area contributed by atoms with Crippen LogP contribution in [-0.4, -0.2) is 56.7 Å². The number of hydrogen-bond acceptors (Lipinski definition) is 7. The second-order valence-corrected chi connectivity index (χ2v) is 9.53. The molecule has 1 saturated carbocycles. The largest absolute Gasteiger partial charge is 0.386 e. The molecule has 37 heavy (non-hydrogen) atoms. The van der Waals surface area contributed by atoms with Crippen LogP contribution in [0.1, 0.15) is 48.0 Å². The van der Waals surface area contributed by atoms with Gasteiger partial charge in [0.25, 0.3) is 5.91 Å². The Hall–Kier alpha value is -4.12. The Balaban J connectivity index is 1.26. The van der Waals surface area contributed by atoms with Crippen LogP contribution in [0.3, 0.4) is 0 Å². The normalized spacial score (nSPS) is 17.7. The minimum absolute atomic E-state index is 0.0270. The second-order valence-electron chi connectivity index (χ2n) is 9.53. The third-order valence-electron chi connectivity index (χ3n) is 7.13. The standard InChI is InChI=1S/C26H30N8O3/c27-24(26(8-1-9-26)20-4-2-17(3-5-20)18-12-29-25(28)30-13-18)33-23(36)19-14-31-34(15-19)16-22(35)32-21-6-10-37-11-7-21/h2-5,12-15,21H,1,6-11,16H2,(H,32,35)(H2,27,33,36)(H2,28,29,30). The number of nitrogens with one attached hydrogen (secondary N) is 1. The number of benzene rings is 1. The van der Waals surface area contributed by atoms with Gasteiger partial charge in [0.15, 0.2) is 0 Å². The number of amidine groups is 1. The van der Waals surface area contributed by atoms with Crippen molar-refractivity contribution in [3.05, 3.63) is 60.2 Å². The number of ether oxygens (including phenoxy) is 1. The number of nitrogens with two attached hydrogens (primary N) is 2. The van der Waals surface area contributed by atoms with E-state index in [1.807, 2.05) is 24.3 Å². The summed E-state index contributed by atoms with van der Waals surface area (Å²) in [6.07, 6.45) is 10.5. The van der Waals surface area contributed by atoms with Gasteiger partial charge in [0, 0.05) is 43.4 Å². The van der Waals surface area contributed by atoms with Crippen LogP contribution in [0.5, 0.6) is 0 Å². The van der Waals surface area contributed by atoms with E-state index in [4.69, 9.17) is 16.2 Å². The molecule has 2 amide bonds. The molecule has 2 fully saturated rings. The maximum absolute atomic E-state index is 12.9. The van der Waals surface area contributed by atoms with Crippen LogP contribution in [0, 0.1) is 0 Å². The first-order valence-electron chi connectivity index (χ1n) is 12.4. The zero-order valence-corrected chi connectivity index (χ0v) is 20.5. The smallest absolute Gasteiger partial charge is 0.281 e. The summed E-state index contributed by atoms with van der Waals surface area (Å²) >= 11 is 0. The number of carbonyl (C=O) groups is 2. The van der Waals surface area contributed by atoms with E-state index in [9.17, 15) is 9.59 Å². The number of carbonyl (C=O) groups excluding carboxylic acids is 2. The van der Waals surface area contributed by atoms with Crippen molar-refractivity contribution in [2.45, 2.75) is 50.1 Å². The van der Waals surface area contributed by atoms with Gasteiger partial charge in [-0.2, -0.15) is 10.1 Å². The van der Waals surface area contributed by atoms with Crippen molar-refractivity contribution < 1.29 is 14.3 Å². The molecule has 0 bridgehead atoms. The number of aromatic nitrogens is 4. The molecule has 1 aromatic carbocycles. The molecule has 0 radical (unpaired) electrons. The minimum Gasteiger partial charge on any atom is -0.386 e. The fourth-order valence-corrected chi connectivity index (χ4v) is 4.80. The molecule has 0 spiro atoms. The number of nitrogens with zero attached hydrogens (tertiary/aromatic N) is 5. The maximum Gasteiger partial charge on any atom is 0.281 e. The zero-order valence-electron chi connectivity index (χ0n) is 20.5. The van der Waals surface area contributed by atoms with Crippen molar-refractivity contribution in [1.29, 1.82) is 0 Å². The summed E-state index contributed by atoms with van der Waals surface area (Å²) in [5.74, 6) is -0.113. The Bertz CT molecular complexity index is 1290. The van der Waals surface area contributed by atoms with Gasteiger partial charge in [-0.1, -0.05) is 30.7 Å². The fourth-order valence-electron chi connectivity index (χ4n) is 4.80. The molecular formula is C26H30N8O3. The first-order valence-corrected chi connectivity index (χ1v) is 12.4. The van der Waals surface area contributed by atoms with Gasteiger partial charge < -0.3 is 21.5 Å². The molecule has 3 heterocycles. The number of amides is 2. The van der Waals surface area contributed by atoms with Gasteiger partial charge in [-0.05, 0) is 36.8 Å². The molecular weight excluding hydrogens is 472 g/mol. The Morgan fingerprint density at radius 1 is 1.08 bits per heavy atom. The first-order chi connectivity index (χ1) is 17.9. The Labute approximate surface area is 214 Å². The van der Waals surface area contributed by atoms with Gasteiger partial charge in [0.2, 0.25) is 11.9 Å². The molecule has 1 aliphatic carbocycles. The molecule has 1 saturated heterocycles. The van der Waals surface area contributed by atoms with E-state index in [1.165, 1.54) is 17.1 Å². The topological polar surface area (TPSA) is 163 Å². The molecule has 11 nitrogen and oxygen atoms in total. The van der Waals surface area contributed by atoms with Crippen LogP contribution < -0.4 is 16.8 Å². The molecule has 0 atom stereocenters. The van der Waals surface area contributed by atoms with Crippen LogP contribution in [-0.2, 0) is 21.5 Å². The van der Waals surface area contributed by atoms with E-state index in [2.05, 4.69) is 25.4 Å². The van der Waals surface area contributed by atoms with Gasteiger partial charge in [-0.3, -0.25) is 14.3 Å². The van der Waals surface area contributed by atoms with Gasteiger partial charge in [-0.15, -0.1) is 0 Å². The summed E-state index contributed by atoms with van der Waals surface area (Å²) in [6, 6.07) is 8.08. The second kappa shape index (κ2) is 10.5. The van der Waals surface area contributed by atoms with Crippen LogP contribution in [0.2, 0.25) is 0 Å². The molecule has 5 rings (SSSR count). The van der Waals surface area contributed by atoms with Gasteiger partial charge in [0.05, 0.1) is 17.2 Å². The van der Waals surface area contributed by atoms with Crippen LogP contribution in [0.25, 0.3) is 11.1 Å². The molecule has 1 aliphatic heterocycles. The third-order valence-corrected chi connectivity index (χ3v) is 7.13. The van der Waals surface area contributed by atoms with E-state index in [1.54, 1.807) is 12.4 Å². The summed E-state index contributed by atoms with van der Waals surface area (Å²) in [4.78, 5) is 37.6. The number of rotatable bonds is 7. The van der Waals surface area contributed by atoms with Crippen molar-refractivity contribution in [1.82, 2.24) is 25.1 Å². The number of anilines is 1. The van der Waals surface area contributed by atoms with E-state index >= 15 is 0 Å². The SMILES string of the molecule is NC(=NC(=O)c1cnn(CC(=O)NC2CCOCC2)c1)C1(c2ccc(-c3cnc(N)nc3)cc2)CCC1. The molecule has 2 aliphatic rings. The highest BCUT2D eigenvalue weighted by molar-refractivity contribution is 6.06. The number of aliphatic imine (C=N–C) groups is 1. The molecule has 3 aromatic rings. The highest BCUT2D eigenvalue weighted by Gasteiger charge is 2.43. The third kappa shape index (κ3) is 5.36. The molecule has 0 unspecified atom stereocenters. The van der Waals surface area contributed by atoms with Gasteiger partial charge in [-0.25, -0.2) is 9.97 Å². The lowest BCUT2D eigenvalue weighted by molar-refractivity contribution is -0.123. The molecule has 11 heteroatoms. The molecule has 2 aromatic heterocycles. The Morgan fingerprint density at radius 2 is 1.78 bits per heavy atom. The highest BCUT2D eigenvalue weighted by Crippen LogP contribution is 2.44. The van der Waals surface area contributed by atoms with E-state index < -0.39 is 11.3 Å². The molecule has 5 N–H and O–H groups in total. The Kier molecular flexibility index (Phi) is 6.95. The summed E-state index contributed by atoms with van der Waals surface area (Å²) in [7, 11) is 0. The highest BCUT2D eigenvalue weighted by atomic mass is 16.5. The average molecular weight is 503 g/mol. The zero-order chi connectivity index (χ0) is 25.8. The van der Waals surface area contributed by atoms with E-state index in [0.717, 1.165) is 48.8 Å². The number of nitrogen functional groups attached to an aromatic ring is 1. The van der Waals surface area contributed by atoms with E-state index in [0.29, 0.717) is 13.2 Å². The summed E-state index contributed by atoms with van der Waals surface area (Å²) in [5, 5.41) is 7.14. The number of hydrogen-bond donors (Lipinski definition) is 3. The minimum atomic E-state index is -0.481. The van der Waals surface area contributed by atoms with Crippen LogP contribution >= 0.6 is 0 Å². The lowest BCUT2D eigenvalue weighted by Crippen LogP contribution is -2.47. The average Bonchev–Trinajstić information content (AvgIpc) is 3.33. The summed E-state index contributed by atoms with van der Waals surface area (Å²) < 4.78 is 6.75.